The van der Waals surface area contributed by atoms with Crippen LogP contribution in [0.5, 0.6) is 0 Å². The molecule has 2 aromatic rings. The molecule has 0 saturated carbocycles. The Morgan fingerprint density at radius 2 is 1.97 bits per heavy atom. The summed E-state index contributed by atoms with van der Waals surface area (Å²) in [6.07, 6.45) is 1.44. The lowest BCUT2D eigenvalue weighted by Crippen LogP contribution is -2.43. The summed E-state index contributed by atoms with van der Waals surface area (Å²) in [5.41, 5.74) is 1.63. The van der Waals surface area contributed by atoms with Crippen molar-refractivity contribution in [2.45, 2.75) is 32.9 Å². The molecule has 1 saturated heterocycles. The highest BCUT2D eigenvalue weighted by Crippen LogP contribution is 2.22. The second kappa shape index (κ2) is 9.09. The Bertz CT molecular complexity index is 988. The molecule has 31 heavy (non-hydrogen) atoms. The fraction of sp³-hybridized carbons (Fsp3) is 0.455. The lowest BCUT2D eigenvalue weighted by Gasteiger charge is -2.31. The first kappa shape index (κ1) is 21.4. The monoisotopic (exact) mass is 444 g/mol. The first-order valence-corrected chi connectivity index (χ1v) is 10.9. The van der Waals surface area contributed by atoms with Gasteiger partial charge in [-0.2, -0.15) is 5.10 Å². The number of amides is 2. The molecule has 0 aliphatic carbocycles. The number of halogens is 1. The summed E-state index contributed by atoms with van der Waals surface area (Å²) in [6.45, 7) is 4.48. The van der Waals surface area contributed by atoms with Crippen LogP contribution >= 0.6 is 11.6 Å². The van der Waals surface area contributed by atoms with E-state index in [2.05, 4.69) is 5.10 Å². The van der Waals surface area contributed by atoms with E-state index in [9.17, 15) is 14.4 Å². The summed E-state index contributed by atoms with van der Waals surface area (Å²) in [7, 11) is 0. The van der Waals surface area contributed by atoms with E-state index in [1.165, 1.54) is 0 Å². The number of ether oxygens (including phenoxy) is 1. The predicted octanol–water partition coefficient (Wildman–Crippen LogP) is 2.61. The Morgan fingerprint density at radius 3 is 2.71 bits per heavy atom. The molecule has 1 aromatic carbocycles. The molecule has 4 rings (SSSR count). The molecule has 0 N–H and O–H groups in total. The van der Waals surface area contributed by atoms with Crippen LogP contribution in [-0.2, 0) is 22.6 Å². The molecule has 0 bridgehead atoms. The molecule has 0 spiro atoms. The third-order valence-corrected chi connectivity index (χ3v) is 5.95. The quantitative estimate of drug-likeness (QED) is 0.662. The molecule has 2 aliphatic rings. The third-order valence-electron chi connectivity index (χ3n) is 5.70. The van der Waals surface area contributed by atoms with Crippen LogP contribution in [0.2, 0.25) is 5.02 Å². The zero-order chi connectivity index (χ0) is 22.0. The second-order valence-electron chi connectivity index (χ2n) is 7.83. The summed E-state index contributed by atoms with van der Waals surface area (Å²) >= 11 is 5.93. The minimum absolute atomic E-state index is 0.157. The van der Waals surface area contributed by atoms with Gasteiger partial charge in [0.2, 0.25) is 0 Å². The Hall–Kier alpha value is -2.87. The minimum Gasteiger partial charge on any atom is -0.466 e. The van der Waals surface area contributed by atoms with E-state index in [-0.39, 0.29) is 29.4 Å². The molecule has 2 aliphatic heterocycles. The maximum Gasteiger partial charge on any atom is 0.310 e. The fourth-order valence-corrected chi connectivity index (χ4v) is 4.21. The van der Waals surface area contributed by atoms with E-state index in [1.54, 1.807) is 39.6 Å². The van der Waals surface area contributed by atoms with Gasteiger partial charge in [-0.05, 0) is 37.5 Å². The van der Waals surface area contributed by atoms with Crippen molar-refractivity contribution < 1.29 is 19.1 Å². The molecule has 0 unspecified atom stereocenters. The van der Waals surface area contributed by atoms with Crippen LogP contribution in [0.15, 0.2) is 30.3 Å². The molecular formula is C22H25ClN4O4. The normalized spacial score (nSPS) is 18.6. The van der Waals surface area contributed by atoms with Crippen molar-refractivity contribution in [1.82, 2.24) is 19.6 Å². The van der Waals surface area contributed by atoms with Gasteiger partial charge in [0.05, 0.1) is 19.1 Å². The number of rotatable bonds is 5. The molecule has 2 amide bonds. The van der Waals surface area contributed by atoms with E-state index in [1.807, 2.05) is 12.1 Å². The van der Waals surface area contributed by atoms with Gasteiger partial charge in [-0.15, -0.1) is 0 Å². The zero-order valence-corrected chi connectivity index (χ0v) is 18.2. The smallest absolute Gasteiger partial charge is 0.310 e. The highest BCUT2D eigenvalue weighted by Gasteiger charge is 2.33. The molecule has 9 heteroatoms. The number of hydrogen-bond acceptors (Lipinski definition) is 5. The number of esters is 1. The van der Waals surface area contributed by atoms with E-state index >= 15 is 0 Å². The Balaban J connectivity index is 1.45. The molecule has 8 nitrogen and oxygen atoms in total. The predicted molar refractivity (Wildman–Crippen MR) is 114 cm³/mol. The van der Waals surface area contributed by atoms with Crippen molar-refractivity contribution >= 4 is 29.4 Å². The van der Waals surface area contributed by atoms with Crippen molar-refractivity contribution in [2.24, 2.45) is 5.92 Å². The van der Waals surface area contributed by atoms with Crippen LogP contribution in [0.4, 0.5) is 0 Å². The lowest BCUT2D eigenvalue weighted by molar-refractivity contribution is -0.149. The number of nitrogens with zero attached hydrogens (tertiary/aromatic N) is 4. The largest absolute Gasteiger partial charge is 0.466 e. The average Bonchev–Trinajstić information content (AvgIpc) is 3.22. The lowest BCUT2D eigenvalue weighted by atomic mass is 9.98. The molecule has 3 heterocycles. The number of benzene rings is 1. The topological polar surface area (TPSA) is 84.7 Å². The van der Waals surface area contributed by atoms with Crippen LogP contribution in [0.3, 0.4) is 0 Å². The molecule has 1 fully saturated rings. The Labute approximate surface area is 185 Å². The number of likely N-dealkylation sites (tertiary alicyclic amines) is 1. The van der Waals surface area contributed by atoms with Crippen molar-refractivity contribution in [3.8, 4) is 0 Å². The standard InChI is InChI=1S/C22H25ClN4O4/c1-2-31-22(30)16-4-3-9-25(14-16)20(28)18-12-19-21(29)26(10-11-27(19)24-18)13-15-5-7-17(23)8-6-15/h5-8,12,16H,2-4,9-11,13-14H2,1H3/t16-/m1/s1. The first-order chi connectivity index (χ1) is 15.0. The molecule has 0 radical (unpaired) electrons. The third kappa shape index (κ3) is 4.58. The number of carbonyl (C=O) groups is 3. The van der Waals surface area contributed by atoms with Crippen molar-refractivity contribution in [3.05, 3.63) is 52.3 Å². The zero-order valence-electron chi connectivity index (χ0n) is 17.4. The van der Waals surface area contributed by atoms with Gasteiger partial charge < -0.3 is 14.5 Å². The average molecular weight is 445 g/mol. The van der Waals surface area contributed by atoms with E-state index < -0.39 is 0 Å². The maximum absolute atomic E-state index is 13.0. The molecular weight excluding hydrogens is 420 g/mol. The van der Waals surface area contributed by atoms with Crippen LogP contribution in [0.1, 0.15) is 46.3 Å². The number of carbonyl (C=O) groups excluding carboxylic acids is 3. The van der Waals surface area contributed by atoms with Crippen LogP contribution in [0, 0.1) is 5.92 Å². The van der Waals surface area contributed by atoms with E-state index in [4.69, 9.17) is 16.3 Å². The van der Waals surface area contributed by atoms with Gasteiger partial charge >= 0.3 is 5.97 Å². The SMILES string of the molecule is CCOC(=O)[C@@H]1CCCN(C(=O)c2cc3n(n2)CCN(Cc2ccc(Cl)cc2)C3=O)C1. The van der Waals surface area contributed by atoms with Gasteiger partial charge in [0, 0.05) is 37.3 Å². The number of hydrogen-bond donors (Lipinski definition) is 0. The van der Waals surface area contributed by atoms with Crippen molar-refractivity contribution in [3.63, 3.8) is 0 Å². The summed E-state index contributed by atoms with van der Waals surface area (Å²) in [5.74, 6) is -0.993. The number of fused-ring (bicyclic) bond motifs is 1. The van der Waals surface area contributed by atoms with Gasteiger partial charge in [0.25, 0.3) is 11.8 Å². The van der Waals surface area contributed by atoms with Crippen molar-refractivity contribution in [1.29, 1.82) is 0 Å². The highest BCUT2D eigenvalue weighted by atomic mass is 35.5. The Kier molecular flexibility index (Phi) is 6.27. The van der Waals surface area contributed by atoms with Gasteiger partial charge in [-0.1, -0.05) is 23.7 Å². The number of piperidine rings is 1. The summed E-state index contributed by atoms with van der Waals surface area (Å²) in [6, 6.07) is 8.95. The summed E-state index contributed by atoms with van der Waals surface area (Å²) in [5, 5.41) is 5.03. The molecule has 1 aromatic heterocycles. The fourth-order valence-electron chi connectivity index (χ4n) is 4.08. The maximum atomic E-state index is 13.0. The van der Waals surface area contributed by atoms with Crippen LogP contribution < -0.4 is 0 Å². The first-order valence-electron chi connectivity index (χ1n) is 10.5. The van der Waals surface area contributed by atoms with Crippen molar-refractivity contribution in [2.75, 3.05) is 26.2 Å². The Morgan fingerprint density at radius 1 is 1.19 bits per heavy atom. The van der Waals surface area contributed by atoms with E-state index in [0.29, 0.717) is 56.5 Å². The molecule has 1 atom stereocenters. The van der Waals surface area contributed by atoms with Crippen LogP contribution in [0.25, 0.3) is 0 Å². The van der Waals surface area contributed by atoms with Gasteiger partial charge in [0.15, 0.2) is 5.69 Å². The minimum atomic E-state index is -0.314. The molecule has 164 valence electrons. The number of aromatic nitrogens is 2. The highest BCUT2D eigenvalue weighted by molar-refractivity contribution is 6.30. The summed E-state index contributed by atoms with van der Waals surface area (Å²) < 4.78 is 6.71. The summed E-state index contributed by atoms with van der Waals surface area (Å²) in [4.78, 5) is 41.4. The van der Waals surface area contributed by atoms with Gasteiger partial charge in [-0.3, -0.25) is 19.1 Å². The van der Waals surface area contributed by atoms with E-state index in [0.717, 1.165) is 12.0 Å². The van der Waals surface area contributed by atoms with Gasteiger partial charge in [0.1, 0.15) is 5.69 Å². The van der Waals surface area contributed by atoms with Gasteiger partial charge in [-0.25, -0.2) is 0 Å². The second-order valence-corrected chi connectivity index (χ2v) is 8.27. The van der Waals surface area contributed by atoms with Crippen LogP contribution in [-0.4, -0.2) is 63.6 Å².